The summed E-state index contributed by atoms with van der Waals surface area (Å²) in [6, 6.07) is 1.92. The molecule has 0 aliphatic heterocycles. The van der Waals surface area contributed by atoms with Crippen LogP contribution >= 0.6 is 0 Å². The fourth-order valence-corrected chi connectivity index (χ4v) is 3.99. The first-order valence-electron chi connectivity index (χ1n) is 7.53. The lowest BCUT2D eigenvalue weighted by Crippen LogP contribution is -2.17. The van der Waals surface area contributed by atoms with Gasteiger partial charge in [0, 0.05) is 12.0 Å². The van der Waals surface area contributed by atoms with E-state index in [1.54, 1.807) is 0 Å². The van der Waals surface area contributed by atoms with Gasteiger partial charge >= 0.3 is 0 Å². The Bertz CT molecular complexity index is 498. The van der Waals surface area contributed by atoms with E-state index in [9.17, 15) is 4.79 Å². The van der Waals surface area contributed by atoms with Crippen LogP contribution in [0.25, 0.3) is 0 Å². The summed E-state index contributed by atoms with van der Waals surface area (Å²) in [5.41, 5.74) is 2.52. The molecule has 19 heavy (non-hydrogen) atoms. The molecule has 2 fully saturated rings. The smallest absolute Gasteiger partial charge is 0.165 e. The van der Waals surface area contributed by atoms with Crippen molar-refractivity contribution in [2.45, 2.75) is 52.4 Å². The summed E-state index contributed by atoms with van der Waals surface area (Å²) in [5, 5.41) is 8.23. The molecule has 1 aromatic heterocycles. The van der Waals surface area contributed by atoms with E-state index in [2.05, 4.69) is 10.2 Å². The topological polar surface area (TPSA) is 42.9 Å². The van der Waals surface area contributed by atoms with E-state index in [1.165, 1.54) is 25.7 Å². The molecular weight excluding hydrogens is 236 g/mol. The number of aryl methyl sites for hydroxylation is 2. The molecule has 0 amide bonds. The van der Waals surface area contributed by atoms with Gasteiger partial charge in [0.2, 0.25) is 0 Å². The zero-order chi connectivity index (χ0) is 13.4. The molecule has 2 aliphatic carbocycles. The number of fused-ring (bicyclic) bond motifs is 2. The Morgan fingerprint density at radius 2 is 2.16 bits per heavy atom. The summed E-state index contributed by atoms with van der Waals surface area (Å²) >= 11 is 0. The van der Waals surface area contributed by atoms with Crippen LogP contribution in [0.15, 0.2) is 6.07 Å². The van der Waals surface area contributed by atoms with Crippen molar-refractivity contribution < 1.29 is 4.79 Å². The van der Waals surface area contributed by atoms with Crippen molar-refractivity contribution in [1.29, 1.82) is 0 Å². The van der Waals surface area contributed by atoms with Crippen LogP contribution in [0.1, 0.15) is 60.8 Å². The number of nitrogens with zero attached hydrogens (tertiary/aromatic N) is 2. The van der Waals surface area contributed by atoms with Crippen molar-refractivity contribution >= 4 is 5.78 Å². The summed E-state index contributed by atoms with van der Waals surface area (Å²) in [4.78, 5) is 12.5. The number of Topliss-reactive ketones (excluding diaryl/α,β-unsaturated/α-hetero) is 1. The predicted molar refractivity (Wildman–Crippen MR) is 74.0 cm³/mol. The van der Waals surface area contributed by atoms with Crippen molar-refractivity contribution in [3.05, 3.63) is 23.0 Å². The summed E-state index contributed by atoms with van der Waals surface area (Å²) < 4.78 is 0. The normalized spacial score (nSPS) is 28.8. The van der Waals surface area contributed by atoms with Crippen LogP contribution in [0.2, 0.25) is 0 Å². The molecular formula is C16H22N2O. The van der Waals surface area contributed by atoms with Gasteiger partial charge in [0.05, 0.1) is 11.4 Å². The van der Waals surface area contributed by atoms with Crippen LogP contribution in [0.4, 0.5) is 0 Å². The molecule has 2 aliphatic rings. The van der Waals surface area contributed by atoms with E-state index in [4.69, 9.17) is 0 Å². The van der Waals surface area contributed by atoms with Crippen LogP contribution in [-0.2, 0) is 6.42 Å². The molecule has 1 heterocycles. The molecule has 0 radical (unpaired) electrons. The molecule has 3 atom stereocenters. The molecule has 1 aromatic rings. The van der Waals surface area contributed by atoms with Gasteiger partial charge in [-0.05, 0) is 56.4 Å². The van der Waals surface area contributed by atoms with Gasteiger partial charge < -0.3 is 0 Å². The lowest BCUT2D eigenvalue weighted by molar-refractivity contribution is 0.0942. The first kappa shape index (κ1) is 12.8. The van der Waals surface area contributed by atoms with Crippen LogP contribution in [0.5, 0.6) is 0 Å². The fourth-order valence-electron chi connectivity index (χ4n) is 3.99. The fraction of sp³-hybridized carbons (Fsp3) is 0.688. The lowest BCUT2D eigenvalue weighted by atomic mass is 9.84. The Hall–Kier alpha value is -1.25. The van der Waals surface area contributed by atoms with Gasteiger partial charge in [0.25, 0.3) is 0 Å². The molecule has 0 aromatic carbocycles. The Kier molecular flexibility index (Phi) is 3.38. The average molecular weight is 258 g/mol. The van der Waals surface area contributed by atoms with E-state index in [-0.39, 0.29) is 5.78 Å². The quantitative estimate of drug-likeness (QED) is 0.778. The largest absolute Gasteiger partial charge is 0.294 e. The third-order valence-electron chi connectivity index (χ3n) is 4.96. The summed E-state index contributed by atoms with van der Waals surface area (Å²) in [6.07, 6.45) is 6.88. The Morgan fingerprint density at radius 3 is 2.79 bits per heavy atom. The SMILES string of the molecule is CCc1nnc(C)cc1C(=O)CC1CC2CCC1C2. The van der Waals surface area contributed by atoms with E-state index >= 15 is 0 Å². The molecule has 2 bridgehead atoms. The third-order valence-corrected chi connectivity index (χ3v) is 4.96. The van der Waals surface area contributed by atoms with Crippen LogP contribution in [0, 0.1) is 24.7 Å². The number of carbonyl (C=O) groups excluding carboxylic acids is 1. The number of rotatable bonds is 4. The maximum absolute atomic E-state index is 12.5. The van der Waals surface area contributed by atoms with E-state index < -0.39 is 0 Å². The highest BCUT2D eigenvalue weighted by molar-refractivity contribution is 5.97. The molecule has 102 valence electrons. The highest BCUT2D eigenvalue weighted by atomic mass is 16.1. The van der Waals surface area contributed by atoms with Gasteiger partial charge in [-0.2, -0.15) is 10.2 Å². The minimum atomic E-state index is 0.285. The van der Waals surface area contributed by atoms with Gasteiger partial charge in [-0.15, -0.1) is 0 Å². The number of hydrogen-bond acceptors (Lipinski definition) is 3. The molecule has 0 spiro atoms. The van der Waals surface area contributed by atoms with E-state index in [0.29, 0.717) is 5.92 Å². The van der Waals surface area contributed by atoms with Crippen molar-refractivity contribution in [2.75, 3.05) is 0 Å². The van der Waals surface area contributed by atoms with E-state index in [0.717, 1.165) is 41.6 Å². The molecule has 3 nitrogen and oxygen atoms in total. The summed E-state index contributed by atoms with van der Waals surface area (Å²) in [5.74, 6) is 2.64. The van der Waals surface area contributed by atoms with Gasteiger partial charge in [-0.25, -0.2) is 0 Å². The van der Waals surface area contributed by atoms with Gasteiger partial charge in [0.1, 0.15) is 0 Å². The number of carbonyl (C=O) groups is 1. The Labute approximate surface area is 114 Å². The standard InChI is InChI=1S/C16H22N2O/c1-3-15-14(6-10(2)17-18-15)16(19)9-13-8-11-4-5-12(13)7-11/h6,11-13H,3-5,7-9H2,1-2H3. The van der Waals surface area contributed by atoms with Crippen molar-refractivity contribution in [1.82, 2.24) is 10.2 Å². The monoisotopic (exact) mass is 258 g/mol. The molecule has 3 heteroatoms. The summed E-state index contributed by atoms with van der Waals surface area (Å²) in [6.45, 7) is 3.94. The highest BCUT2D eigenvalue weighted by Crippen LogP contribution is 2.49. The Balaban J connectivity index is 1.75. The minimum Gasteiger partial charge on any atom is -0.294 e. The minimum absolute atomic E-state index is 0.285. The Morgan fingerprint density at radius 1 is 1.32 bits per heavy atom. The second-order valence-electron chi connectivity index (χ2n) is 6.26. The van der Waals surface area contributed by atoms with Crippen molar-refractivity contribution in [3.8, 4) is 0 Å². The van der Waals surface area contributed by atoms with Crippen molar-refractivity contribution in [3.63, 3.8) is 0 Å². The zero-order valence-electron chi connectivity index (χ0n) is 11.9. The predicted octanol–water partition coefficient (Wildman–Crippen LogP) is 3.36. The van der Waals surface area contributed by atoms with Gasteiger partial charge in [0.15, 0.2) is 5.78 Å². The number of ketones is 1. The maximum atomic E-state index is 12.5. The average Bonchev–Trinajstić information content (AvgIpc) is 3.01. The number of aromatic nitrogens is 2. The molecule has 2 saturated carbocycles. The van der Waals surface area contributed by atoms with Gasteiger partial charge in [-0.1, -0.05) is 13.3 Å². The van der Waals surface area contributed by atoms with Crippen molar-refractivity contribution in [2.24, 2.45) is 17.8 Å². The first-order valence-corrected chi connectivity index (χ1v) is 7.53. The molecule has 0 saturated heterocycles. The molecule has 3 unspecified atom stereocenters. The number of hydrogen-bond donors (Lipinski definition) is 0. The van der Waals surface area contributed by atoms with Crippen LogP contribution < -0.4 is 0 Å². The lowest BCUT2D eigenvalue weighted by Gasteiger charge is -2.21. The van der Waals surface area contributed by atoms with Gasteiger partial charge in [-0.3, -0.25) is 4.79 Å². The molecule has 0 N–H and O–H groups in total. The second-order valence-corrected chi connectivity index (χ2v) is 6.26. The third kappa shape index (κ3) is 2.43. The van der Waals surface area contributed by atoms with Crippen LogP contribution in [-0.4, -0.2) is 16.0 Å². The maximum Gasteiger partial charge on any atom is 0.165 e. The van der Waals surface area contributed by atoms with E-state index in [1.807, 2.05) is 19.9 Å². The molecule has 3 rings (SSSR count). The first-order chi connectivity index (χ1) is 9.17. The van der Waals surface area contributed by atoms with Crippen LogP contribution in [0.3, 0.4) is 0 Å². The highest BCUT2D eigenvalue weighted by Gasteiger charge is 2.40. The second kappa shape index (κ2) is 5.03. The zero-order valence-corrected chi connectivity index (χ0v) is 11.9. The summed E-state index contributed by atoms with van der Waals surface area (Å²) in [7, 11) is 0.